The average molecular weight is 276 g/mol. The number of aldehydes is 1. The Bertz CT molecular complexity index is 380. The number of carbonyl (C=O) groups excluding carboxylic acids is 1. The van der Waals surface area contributed by atoms with Crippen molar-refractivity contribution in [1.82, 2.24) is 4.98 Å². The lowest BCUT2D eigenvalue weighted by atomic mass is 9.91. The highest BCUT2D eigenvalue weighted by molar-refractivity contribution is 8.01. The number of thioether (sulfide) groups is 1. The van der Waals surface area contributed by atoms with E-state index in [1.807, 2.05) is 0 Å². The molecule has 1 fully saturated rings. The Morgan fingerprint density at radius 3 is 3.00 bits per heavy atom. The summed E-state index contributed by atoms with van der Waals surface area (Å²) in [5.41, 5.74) is 0. The van der Waals surface area contributed by atoms with Gasteiger partial charge in [0.05, 0.1) is 0 Å². The number of nitrogens with zero attached hydrogens (tertiary/aromatic N) is 1. The first kappa shape index (κ1) is 12.4. The summed E-state index contributed by atoms with van der Waals surface area (Å²) in [4.78, 5) is 15.4. The van der Waals surface area contributed by atoms with Gasteiger partial charge in [-0.05, 0) is 18.8 Å². The minimum absolute atomic E-state index is 0.353. The van der Waals surface area contributed by atoms with Crippen LogP contribution in [0.25, 0.3) is 0 Å². The molecule has 88 valence electrons. The summed E-state index contributed by atoms with van der Waals surface area (Å²) in [6.45, 7) is 2.30. The van der Waals surface area contributed by atoms with E-state index in [0.29, 0.717) is 15.3 Å². The zero-order chi connectivity index (χ0) is 11.5. The predicted molar refractivity (Wildman–Crippen MR) is 69.8 cm³/mol. The molecule has 2 atom stereocenters. The van der Waals surface area contributed by atoms with Crippen molar-refractivity contribution >= 4 is 41.0 Å². The Morgan fingerprint density at radius 2 is 2.38 bits per heavy atom. The second-order valence-corrected chi connectivity index (χ2v) is 7.20. The molecule has 16 heavy (non-hydrogen) atoms. The number of aromatic nitrogens is 1. The zero-order valence-electron chi connectivity index (χ0n) is 9.11. The normalized spacial score (nSPS) is 25.6. The minimum Gasteiger partial charge on any atom is -0.297 e. The lowest BCUT2D eigenvalue weighted by molar-refractivity contribution is 0.112. The average Bonchev–Trinajstić information content (AvgIpc) is 2.58. The quantitative estimate of drug-likeness (QED) is 0.771. The van der Waals surface area contributed by atoms with Gasteiger partial charge < -0.3 is 0 Å². The van der Waals surface area contributed by atoms with E-state index in [2.05, 4.69) is 11.9 Å². The Morgan fingerprint density at radius 1 is 1.56 bits per heavy atom. The van der Waals surface area contributed by atoms with Gasteiger partial charge in [-0.15, -0.1) is 11.3 Å². The smallest absolute Gasteiger partial charge is 0.163 e. The van der Waals surface area contributed by atoms with Crippen molar-refractivity contribution in [2.24, 2.45) is 5.92 Å². The van der Waals surface area contributed by atoms with Crippen LogP contribution >= 0.6 is 34.7 Å². The number of hydrogen-bond acceptors (Lipinski definition) is 4. The van der Waals surface area contributed by atoms with E-state index in [0.717, 1.165) is 16.5 Å². The molecule has 0 aliphatic heterocycles. The largest absolute Gasteiger partial charge is 0.297 e. The first-order valence-corrected chi connectivity index (χ1v) is 7.54. The van der Waals surface area contributed by atoms with Gasteiger partial charge >= 0.3 is 0 Å². The summed E-state index contributed by atoms with van der Waals surface area (Å²) in [5, 5.41) is 0.997. The monoisotopic (exact) mass is 275 g/mol. The standard InChI is InChI=1S/C11H14ClNOS2/c1-7-3-2-4-8(5-7)15-11-13-10(12)9(6-14)16-11/h6-8H,2-5H2,1H3. The van der Waals surface area contributed by atoms with Crippen LogP contribution < -0.4 is 0 Å². The second-order valence-electron chi connectivity index (χ2n) is 4.26. The summed E-state index contributed by atoms with van der Waals surface area (Å²) < 4.78 is 0.936. The summed E-state index contributed by atoms with van der Waals surface area (Å²) in [6.07, 6.45) is 5.93. The van der Waals surface area contributed by atoms with Crippen molar-refractivity contribution in [3.8, 4) is 0 Å². The fourth-order valence-corrected chi connectivity index (χ4v) is 4.90. The van der Waals surface area contributed by atoms with Gasteiger partial charge in [-0.1, -0.05) is 43.1 Å². The molecule has 0 amide bonds. The predicted octanol–water partition coefficient (Wildman–Crippen LogP) is 4.28. The molecule has 2 rings (SSSR count). The second kappa shape index (κ2) is 5.52. The van der Waals surface area contributed by atoms with Crippen LogP contribution in [0.15, 0.2) is 4.34 Å². The Kier molecular flexibility index (Phi) is 4.27. The molecular formula is C11H14ClNOS2. The van der Waals surface area contributed by atoms with E-state index >= 15 is 0 Å². The third kappa shape index (κ3) is 2.99. The number of thiazole rings is 1. The van der Waals surface area contributed by atoms with Gasteiger partial charge in [0.2, 0.25) is 0 Å². The molecule has 0 spiro atoms. The van der Waals surface area contributed by atoms with Crippen LogP contribution in [0.2, 0.25) is 5.15 Å². The third-order valence-corrected chi connectivity index (χ3v) is 5.62. The highest BCUT2D eigenvalue weighted by atomic mass is 35.5. The molecule has 0 saturated heterocycles. The number of carbonyl (C=O) groups is 1. The molecule has 0 bridgehead atoms. The van der Waals surface area contributed by atoms with E-state index in [4.69, 9.17) is 11.6 Å². The molecule has 5 heteroatoms. The van der Waals surface area contributed by atoms with Crippen LogP contribution in [-0.2, 0) is 0 Å². The molecule has 1 aromatic rings. The van der Waals surface area contributed by atoms with Gasteiger partial charge in [0.15, 0.2) is 15.8 Å². The van der Waals surface area contributed by atoms with E-state index < -0.39 is 0 Å². The maximum absolute atomic E-state index is 10.7. The van der Waals surface area contributed by atoms with Gasteiger partial charge in [0.25, 0.3) is 0 Å². The van der Waals surface area contributed by atoms with E-state index in [9.17, 15) is 4.79 Å². The fourth-order valence-electron chi connectivity index (χ4n) is 2.05. The molecule has 0 N–H and O–H groups in total. The van der Waals surface area contributed by atoms with E-state index in [1.54, 1.807) is 11.8 Å². The van der Waals surface area contributed by atoms with Gasteiger partial charge in [0.1, 0.15) is 4.88 Å². The molecule has 1 aliphatic rings. The molecule has 2 nitrogen and oxygen atoms in total. The topological polar surface area (TPSA) is 30.0 Å². The van der Waals surface area contributed by atoms with Crippen molar-refractivity contribution in [2.45, 2.75) is 42.2 Å². The third-order valence-electron chi connectivity index (χ3n) is 2.85. The van der Waals surface area contributed by atoms with Gasteiger partial charge in [-0.3, -0.25) is 4.79 Å². The number of rotatable bonds is 3. The molecule has 0 radical (unpaired) electrons. The van der Waals surface area contributed by atoms with Crippen LogP contribution in [-0.4, -0.2) is 16.5 Å². The zero-order valence-corrected chi connectivity index (χ0v) is 11.5. The van der Waals surface area contributed by atoms with Crippen LogP contribution in [0.3, 0.4) is 0 Å². The summed E-state index contributed by atoms with van der Waals surface area (Å²) in [7, 11) is 0. The van der Waals surface area contributed by atoms with Crippen molar-refractivity contribution in [3.63, 3.8) is 0 Å². The minimum atomic E-state index is 0.353. The molecule has 1 aromatic heterocycles. The first-order chi connectivity index (χ1) is 7.69. The molecule has 1 saturated carbocycles. The van der Waals surface area contributed by atoms with Crippen LogP contribution in [0.1, 0.15) is 42.3 Å². The highest BCUT2D eigenvalue weighted by Gasteiger charge is 2.21. The number of hydrogen-bond donors (Lipinski definition) is 0. The van der Waals surface area contributed by atoms with Gasteiger partial charge in [-0.25, -0.2) is 4.98 Å². The molecule has 0 aromatic carbocycles. The number of halogens is 1. The lowest BCUT2D eigenvalue weighted by Crippen LogP contribution is -2.14. The van der Waals surface area contributed by atoms with Gasteiger partial charge in [0, 0.05) is 5.25 Å². The highest BCUT2D eigenvalue weighted by Crippen LogP contribution is 2.38. The van der Waals surface area contributed by atoms with E-state index in [-0.39, 0.29) is 0 Å². The van der Waals surface area contributed by atoms with Crippen molar-refractivity contribution in [2.75, 3.05) is 0 Å². The van der Waals surface area contributed by atoms with E-state index in [1.165, 1.54) is 37.0 Å². The summed E-state index contributed by atoms with van der Waals surface area (Å²) in [6, 6.07) is 0. The van der Waals surface area contributed by atoms with Crippen molar-refractivity contribution in [1.29, 1.82) is 0 Å². The molecular weight excluding hydrogens is 262 g/mol. The Labute approximate surface area is 109 Å². The Hall–Kier alpha value is -0.0600. The first-order valence-electron chi connectivity index (χ1n) is 5.47. The SMILES string of the molecule is CC1CCCC(Sc2nc(Cl)c(C=O)s2)C1. The van der Waals surface area contributed by atoms with Crippen LogP contribution in [0, 0.1) is 5.92 Å². The maximum Gasteiger partial charge on any atom is 0.163 e. The summed E-state index contributed by atoms with van der Waals surface area (Å²) >= 11 is 9.04. The molecule has 2 unspecified atom stereocenters. The van der Waals surface area contributed by atoms with Crippen molar-refractivity contribution in [3.05, 3.63) is 10.0 Å². The van der Waals surface area contributed by atoms with Crippen LogP contribution in [0.4, 0.5) is 0 Å². The van der Waals surface area contributed by atoms with Gasteiger partial charge in [-0.2, -0.15) is 0 Å². The lowest BCUT2D eigenvalue weighted by Gasteiger charge is -2.25. The Balaban J connectivity index is 2.00. The fraction of sp³-hybridized carbons (Fsp3) is 0.636. The molecule has 1 heterocycles. The molecule has 1 aliphatic carbocycles. The van der Waals surface area contributed by atoms with Crippen molar-refractivity contribution < 1.29 is 4.79 Å². The maximum atomic E-state index is 10.7. The summed E-state index contributed by atoms with van der Waals surface area (Å²) in [5.74, 6) is 0.812. The van der Waals surface area contributed by atoms with Crippen LogP contribution in [0.5, 0.6) is 0 Å².